The number of hydrogen-bond donors (Lipinski definition) is 1. The van der Waals surface area contributed by atoms with Crippen molar-refractivity contribution in [3.05, 3.63) is 15.6 Å². The number of aliphatic carboxylic acids is 1. The number of fused-ring (bicyclic) bond motifs is 1. The van der Waals surface area contributed by atoms with Crippen LogP contribution in [0.1, 0.15) is 53.8 Å². The molecule has 0 amide bonds. The first kappa shape index (κ1) is 12.5. The average Bonchev–Trinajstić information content (AvgIpc) is 2.84. The van der Waals surface area contributed by atoms with Crippen LogP contribution in [0.3, 0.4) is 0 Å². The fourth-order valence-corrected chi connectivity index (χ4v) is 3.48. The molecule has 0 saturated heterocycles. The van der Waals surface area contributed by atoms with Crippen molar-refractivity contribution in [2.45, 2.75) is 44.6 Å². The number of ether oxygens (including phenoxy) is 1. The predicted molar refractivity (Wildman–Crippen MR) is 65.5 cm³/mol. The van der Waals surface area contributed by atoms with E-state index in [1.54, 1.807) is 18.4 Å². The Bertz CT molecular complexity index is 416. The molecule has 2 unspecified atom stereocenters. The quantitative estimate of drug-likeness (QED) is 0.879. The highest BCUT2D eigenvalue weighted by Gasteiger charge is 2.33. The second kappa shape index (κ2) is 5.14. The molecule has 1 N–H and O–H groups in total. The van der Waals surface area contributed by atoms with Gasteiger partial charge in [0.05, 0.1) is 5.69 Å². The van der Waals surface area contributed by atoms with Crippen LogP contribution in [-0.2, 0) is 16.0 Å². The number of thiazole rings is 1. The van der Waals surface area contributed by atoms with Crippen molar-refractivity contribution in [1.82, 2.24) is 4.98 Å². The molecule has 1 aliphatic rings. The number of methoxy groups -OCH3 is 1. The fraction of sp³-hybridized carbons (Fsp3) is 0.667. The summed E-state index contributed by atoms with van der Waals surface area (Å²) in [6, 6.07) is 0. The lowest BCUT2D eigenvalue weighted by Crippen LogP contribution is -2.09. The van der Waals surface area contributed by atoms with Crippen LogP contribution in [0, 0.1) is 0 Å². The number of carboxylic acid groups (broad SMARTS) is 1. The first-order chi connectivity index (χ1) is 8.17. The smallest absolute Gasteiger partial charge is 0.312 e. The van der Waals surface area contributed by atoms with E-state index in [9.17, 15) is 4.79 Å². The molecule has 5 heteroatoms. The summed E-state index contributed by atoms with van der Waals surface area (Å²) in [7, 11) is 1.68. The van der Waals surface area contributed by atoms with Crippen molar-refractivity contribution < 1.29 is 14.6 Å². The lowest BCUT2D eigenvalue weighted by atomic mass is 10.1. The van der Waals surface area contributed by atoms with Crippen LogP contribution in [0.4, 0.5) is 0 Å². The van der Waals surface area contributed by atoms with E-state index >= 15 is 0 Å². The standard InChI is InChI=1S/C12H17NO3S/c1-3-4-8(16-2)11-13-10-7(12(14)15)5-6-9(10)17-11/h7-8H,3-6H2,1-2H3,(H,14,15). The molecule has 1 aromatic heterocycles. The third-order valence-electron chi connectivity index (χ3n) is 3.14. The summed E-state index contributed by atoms with van der Waals surface area (Å²) in [5.74, 6) is -1.17. The summed E-state index contributed by atoms with van der Waals surface area (Å²) in [5, 5.41) is 10.0. The first-order valence-corrected chi connectivity index (χ1v) is 6.74. The van der Waals surface area contributed by atoms with E-state index in [0.717, 1.165) is 34.8 Å². The molecular weight excluding hydrogens is 238 g/mol. The Morgan fingerprint density at radius 3 is 3.06 bits per heavy atom. The van der Waals surface area contributed by atoms with E-state index in [1.807, 2.05) is 0 Å². The predicted octanol–water partition coefficient (Wildman–Crippen LogP) is 2.75. The van der Waals surface area contributed by atoms with Crippen LogP contribution < -0.4 is 0 Å². The molecule has 0 aromatic carbocycles. The van der Waals surface area contributed by atoms with Gasteiger partial charge in [0.1, 0.15) is 17.0 Å². The molecule has 4 nitrogen and oxygen atoms in total. The first-order valence-electron chi connectivity index (χ1n) is 5.92. The van der Waals surface area contributed by atoms with Gasteiger partial charge in [-0.2, -0.15) is 0 Å². The van der Waals surface area contributed by atoms with Crippen LogP contribution >= 0.6 is 11.3 Å². The molecule has 1 heterocycles. The fourth-order valence-electron chi connectivity index (χ4n) is 2.23. The zero-order valence-electron chi connectivity index (χ0n) is 10.1. The monoisotopic (exact) mass is 255 g/mol. The Balaban J connectivity index is 2.23. The van der Waals surface area contributed by atoms with Crippen molar-refractivity contribution in [3.8, 4) is 0 Å². The lowest BCUT2D eigenvalue weighted by Gasteiger charge is -2.11. The average molecular weight is 255 g/mol. The molecule has 1 aromatic rings. The second-order valence-corrected chi connectivity index (χ2v) is 5.42. The number of carboxylic acids is 1. The van der Waals surface area contributed by atoms with E-state index in [1.165, 1.54) is 0 Å². The molecule has 94 valence electrons. The number of rotatable bonds is 5. The maximum absolute atomic E-state index is 11.1. The van der Waals surface area contributed by atoms with Gasteiger partial charge in [-0.05, 0) is 19.3 Å². The minimum atomic E-state index is -0.759. The maximum Gasteiger partial charge on any atom is 0.312 e. The molecule has 0 radical (unpaired) electrons. The summed E-state index contributed by atoms with van der Waals surface area (Å²) in [6.07, 6.45) is 3.51. The van der Waals surface area contributed by atoms with Crippen molar-refractivity contribution in [2.24, 2.45) is 0 Å². The zero-order chi connectivity index (χ0) is 12.4. The van der Waals surface area contributed by atoms with E-state index < -0.39 is 11.9 Å². The molecular formula is C12H17NO3S. The highest BCUT2D eigenvalue weighted by atomic mass is 32.1. The molecule has 0 aliphatic heterocycles. The van der Waals surface area contributed by atoms with E-state index in [-0.39, 0.29) is 6.10 Å². The van der Waals surface area contributed by atoms with Gasteiger partial charge in [0.15, 0.2) is 0 Å². The summed E-state index contributed by atoms with van der Waals surface area (Å²) < 4.78 is 5.41. The van der Waals surface area contributed by atoms with Crippen molar-refractivity contribution in [2.75, 3.05) is 7.11 Å². The SMILES string of the molecule is CCCC(OC)c1nc2c(s1)CCC2C(=O)O. The highest BCUT2D eigenvalue weighted by molar-refractivity contribution is 7.11. The third kappa shape index (κ3) is 2.35. The molecule has 2 rings (SSSR count). The maximum atomic E-state index is 11.1. The Kier molecular flexibility index (Phi) is 3.79. The molecule has 0 spiro atoms. The Hall–Kier alpha value is -0.940. The Morgan fingerprint density at radius 1 is 1.71 bits per heavy atom. The van der Waals surface area contributed by atoms with Gasteiger partial charge in [-0.15, -0.1) is 11.3 Å². The second-order valence-electron chi connectivity index (χ2n) is 4.30. The number of nitrogens with zero attached hydrogens (tertiary/aromatic N) is 1. The summed E-state index contributed by atoms with van der Waals surface area (Å²) >= 11 is 1.62. The summed E-state index contributed by atoms with van der Waals surface area (Å²) in [5.41, 5.74) is 0.774. The molecule has 1 aliphatic carbocycles. The Labute approximate surface area is 105 Å². The van der Waals surface area contributed by atoms with Gasteiger partial charge in [0.25, 0.3) is 0 Å². The minimum Gasteiger partial charge on any atom is -0.481 e. The van der Waals surface area contributed by atoms with Gasteiger partial charge in [0.2, 0.25) is 0 Å². The van der Waals surface area contributed by atoms with Gasteiger partial charge < -0.3 is 9.84 Å². The van der Waals surface area contributed by atoms with Gasteiger partial charge in [-0.25, -0.2) is 4.98 Å². The largest absolute Gasteiger partial charge is 0.481 e. The minimum absolute atomic E-state index is 0.0186. The van der Waals surface area contributed by atoms with Crippen LogP contribution in [0.2, 0.25) is 0 Å². The number of aromatic nitrogens is 1. The molecule has 17 heavy (non-hydrogen) atoms. The van der Waals surface area contributed by atoms with Crippen LogP contribution in [-0.4, -0.2) is 23.2 Å². The van der Waals surface area contributed by atoms with E-state index in [4.69, 9.17) is 9.84 Å². The van der Waals surface area contributed by atoms with Crippen LogP contribution in [0.15, 0.2) is 0 Å². The molecule has 0 fully saturated rings. The van der Waals surface area contributed by atoms with Gasteiger partial charge in [0, 0.05) is 12.0 Å². The normalized spacial score (nSPS) is 20.2. The number of hydrogen-bond acceptors (Lipinski definition) is 4. The molecule has 0 bridgehead atoms. The topological polar surface area (TPSA) is 59.4 Å². The van der Waals surface area contributed by atoms with Crippen LogP contribution in [0.25, 0.3) is 0 Å². The number of aryl methyl sites for hydroxylation is 1. The lowest BCUT2D eigenvalue weighted by molar-refractivity contribution is -0.138. The van der Waals surface area contributed by atoms with Crippen molar-refractivity contribution >= 4 is 17.3 Å². The zero-order valence-corrected chi connectivity index (χ0v) is 10.9. The van der Waals surface area contributed by atoms with Crippen molar-refractivity contribution in [3.63, 3.8) is 0 Å². The Morgan fingerprint density at radius 2 is 2.47 bits per heavy atom. The number of carbonyl (C=O) groups is 1. The third-order valence-corrected chi connectivity index (χ3v) is 4.37. The summed E-state index contributed by atoms with van der Waals surface area (Å²) in [6.45, 7) is 2.10. The van der Waals surface area contributed by atoms with E-state index in [2.05, 4.69) is 11.9 Å². The highest BCUT2D eigenvalue weighted by Crippen LogP contribution is 2.39. The summed E-state index contributed by atoms with van der Waals surface area (Å²) in [4.78, 5) is 16.7. The van der Waals surface area contributed by atoms with Gasteiger partial charge >= 0.3 is 5.97 Å². The van der Waals surface area contributed by atoms with E-state index in [0.29, 0.717) is 6.42 Å². The van der Waals surface area contributed by atoms with Gasteiger partial charge in [-0.1, -0.05) is 13.3 Å². The van der Waals surface area contributed by atoms with Crippen LogP contribution in [0.5, 0.6) is 0 Å². The van der Waals surface area contributed by atoms with Gasteiger partial charge in [-0.3, -0.25) is 4.79 Å². The molecule has 0 saturated carbocycles. The molecule has 2 atom stereocenters. The van der Waals surface area contributed by atoms with Crippen molar-refractivity contribution in [1.29, 1.82) is 0 Å².